The van der Waals surface area contributed by atoms with Crippen LogP contribution in [0.4, 0.5) is 0 Å². The van der Waals surface area contributed by atoms with E-state index >= 15 is 0 Å². The minimum atomic E-state index is -0.298. The molecule has 0 aromatic rings. The first-order chi connectivity index (χ1) is 7.47. The molecule has 3 rings (SSSR count). The van der Waals surface area contributed by atoms with Crippen LogP contribution in [0.1, 0.15) is 33.6 Å². The molecular weight excluding hydrogens is 202 g/mol. The molecule has 1 aliphatic carbocycles. The lowest BCUT2D eigenvalue weighted by Gasteiger charge is -2.49. The Balaban J connectivity index is 2.19. The van der Waals surface area contributed by atoms with Gasteiger partial charge in [-0.3, -0.25) is 9.80 Å². The first kappa shape index (κ1) is 10.00. The van der Waals surface area contributed by atoms with Crippen LogP contribution >= 0.6 is 0 Å². The number of piperidine rings is 1. The van der Waals surface area contributed by atoms with Crippen LogP contribution in [0.25, 0.3) is 0 Å². The molecule has 4 nitrogen and oxygen atoms in total. The van der Waals surface area contributed by atoms with Gasteiger partial charge in [-0.2, -0.15) is 5.11 Å². The lowest BCUT2D eigenvalue weighted by molar-refractivity contribution is -0.132. The SMILES string of the molecule is CC1=C[C@]2(C)N=NN3CCC[C@](C)(C1=O)[C@@H]32. The number of hydrogen-bond donors (Lipinski definition) is 0. The van der Waals surface area contributed by atoms with Crippen molar-refractivity contribution in [2.24, 2.45) is 15.8 Å². The van der Waals surface area contributed by atoms with Gasteiger partial charge < -0.3 is 0 Å². The molecule has 2 heterocycles. The predicted octanol–water partition coefficient (Wildman–Crippen LogP) is 2.13. The van der Waals surface area contributed by atoms with Crippen LogP contribution in [0.2, 0.25) is 0 Å². The van der Waals surface area contributed by atoms with E-state index in [-0.39, 0.29) is 22.8 Å². The summed E-state index contributed by atoms with van der Waals surface area (Å²) in [5.41, 5.74) is 0.256. The van der Waals surface area contributed by atoms with E-state index in [9.17, 15) is 4.79 Å². The molecule has 0 amide bonds. The highest BCUT2D eigenvalue weighted by Crippen LogP contribution is 2.51. The number of allylic oxidation sites excluding steroid dienone is 1. The Morgan fingerprint density at radius 3 is 3.00 bits per heavy atom. The molecule has 16 heavy (non-hydrogen) atoms. The van der Waals surface area contributed by atoms with Gasteiger partial charge >= 0.3 is 0 Å². The number of carbonyl (C=O) groups excluding carboxylic acids is 1. The third kappa shape index (κ3) is 0.975. The number of nitrogens with zero attached hydrogens (tertiary/aromatic N) is 3. The first-order valence-electron chi connectivity index (χ1n) is 5.91. The van der Waals surface area contributed by atoms with Crippen molar-refractivity contribution in [2.45, 2.75) is 45.2 Å². The Bertz CT molecular complexity index is 428. The summed E-state index contributed by atoms with van der Waals surface area (Å²) >= 11 is 0. The maximum Gasteiger partial charge on any atom is 0.166 e. The van der Waals surface area contributed by atoms with Crippen LogP contribution in [-0.2, 0) is 4.79 Å². The number of carbonyl (C=O) groups is 1. The monoisotopic (exact) mass is 219 g/mol. The van der Waals surface area contributed by atoms with Crippen LogP contribution < -0.4 is 0 Å². The van der Waals surface area contributed by atoms with E-state index in [0.29, 0.717) is 0 Å². The average molecular weight is 219 g/mol. The van der Waals surface area contributed by atoms with Gasteiger partial charge in [-0.15, -0.1) is 0 Å². The van der Waals surface area contributed by atoms with Gasteiger partial charge in [-0.1, -0.05) is 12.1 Å². The zero-order valence-electron chi connectivity index (χ0n) is 10.0. The van der Waals surface area contributed by atoms with Crippen molar-refractivity contribution in [3.8, 4) is 0 Å². The smallest absolute Gasteiger partial charge is 0.166 e. The molecule has 86 valence electrons. The predicted molar refractivity (Wildman–Crippen MR) is 59.9 cm³/mol. The van der Waals surface area contributed by atoms with E-state index in [2.05, 4.69) is 24.2 Å². The molecule has 0 unspecified atom stereocenters. The van der Waals surface area contributed by atoms with Crippen molar-refractivity contribution in [3.63, 3.8) is 0 Å². The lowest BCUT2D eigenvalue weighted by atomic mass is 9.61. The third-order valence-corrected chi connectivity index (χ3v) is 4.30. The second kappa shape index (κ2) is 2.73. The summed E-state index contributed by atoms with van der Waals surface area (Å²) in [6, 6.07) is 0.130. The van der Waals surface area contributed by atoms with Crippen LogP contribution in [0.5, 0.6) is 0 Å². The number of Topliss-reactive ketones (excluding diaryl/α,β-unsaturated/α-hetero) is 1. The second-order valence-electron chi connectivity index (χ2n) is 5.66. The summed E-state index contributed by atoms with van der Waals surface area (Å²) in [5, 5.41) is 10.7. The fourth-order valence-corrected chi connectivity index (χ4v) is 3.75. The van der Waals surface area contributed by atoms with Crippen molar-refractivity contribution in [3.05, 3.63) is 11.6 Å². The van der Waals surface area contributed by atoms with Gasteiger partial charge in [0.2, 0.25) is 0 Å². The minimum absolute atomic E-state index is 0.130. The van der Waals surface area contributed by atoms with Crippen LogP contribution in [-0.4, -0.2) is 28.9 Å². The first-order valence-corrected chi connectivity index (χ1v) is 5.91. The zero-order chi connectivity index (χ0) is 11.6. The largest absolute Gasteiger partial charge is 0.294 e. The van der Waals surface area contributed by atoms with E-state index in [1.807, 2.05) is 18.0 Å². The number of hydrogen-bond acceptors (Lipinski definition) is 4. The molecule has 1 fully saturated rings. The van der Waals surface area contributed by atoms with Gasteiger partial charge in [0.15, 0.2) is 5.78 Å². The molecule has 0 bridgehead atoms. The Morgan fingerprint density at radius 2 is 2.25 bits per heavy atom. The Hall–Kier alpha value is -1.19. The van der Waals surface area contributed by atoms with Gasteiger partial charge in [0, 0.05) is 6.54 Å². The molecule has 0 radical (unpaired) electrons. The Morgan fingerprint density at radius 1 is 1.50 bits per heavy atom. The second-order valence-corrected chi connectivity index (χ2v) is 5.66. The topological polar surface area (TPSA) is 45.0 Å². The molecule has 0 spiro atoms. The summed E-state index contributed by atoms with van der Waals surface area (Å²) in [4.78, 5) is 12.4. The molecular formula is C12H17N3O. The molecule has 0 saturated carbocycles. The van der Waals surface area contributed by atoms with Crippen LogP contribution in [0.3, 0.4) is 0 Å². The fourth-order valence-electron chi connectivity index (χ4n) is 3.75. The van der Waals surface area contributed by atoms with E-state index in [1.165, 1.54) is 0 Å². The van der Waals surface area contributed by atoms with Crippen molar-refractivity contribution in [1.29, 1.82) is 0 Å². The molecule has 1 saturated heterocycles. The summed E-state index contributed by atoms with van der Waals surface area (Å²) in [7, 11) is 0. The van der Waals surface area contributed by atoms with Crippen molar-refractivity contribution in [2.75, 3.05) is 6.54 Å². The molecule has 4 heteroatoms. The Labute approximate surface area is 95.4 Å². The van der Waals surface area contributed by atoms with E-state index in [1.54, 1.807) is 0 Å². The molecule has 3 aliphatic rings. The standard InChI is InChI=1S/C12H17N3O/c1-8-7-12(3)10-11(2,9(8)16)5-4-6-15(10)14-13-12/h7,10H,4-6H2,1-3H3/t10-,11-,12+/m1/s1. The summed E-state index contributed by atoms with van der Waals surface area (Å²) in [6.07, 6.45) is 3.98. The highest BCUT2D eigenvalue weighted by Gasteiger charge is 2.59. The maximum atomic E-state index is 12.4. The fraction of sp³-hybridized carbons (Fsp3) is 0.750. The number of rotatable bonds is 0. The maximum absolute atomic E-state index is 12.4. The Kier molecular flexibility index (Phi) is 1.71. The summed E-state index contributed by atoms with van der Waals surface area (Å²) in [6.45, 7) is 7.00. The molecule has 0 N–H and O–H groups in total. The van der Waals surface area contributed by atoms with Crippen LogP contribution in [0.15, 0.2) is 22.0 Å². The van der Waals surface area contributed by atoms with Crippen molar-refractivity contribution in [1.82, 2.24) is 5.01 Å². The highest BCUT2D eigenvalue weighted by molar-refractivity contribution is 6.01. The van der Waals surface area contributed by atoms with E-state index in [4.69, 9.17) is 0 Å². The van der Waals surface area contributed by atoms with E-state index in [0.717, 1.165) is 25.0 Å². The molecule has 0 aromatic carbocycles. The summed E-state index contributed by atoms with van der Waals surface area (Å²) < 4.78 is 0. The highest BCUT2D eigenvalue weighted by atomic mass is 16.1. The average Bonchev–Trinajstić information content (AvgIpc) is 2.55. The number of ketones is 1. The normalized spacial score (nSPS) is 45.7. The zero-order valence-corrected chi connectivity index (χ0v) is 10.0. The van der Waals surface area contributed by atoms with Crippen molar-refractivity contribution < 1.29 is 4.79 Å². The molecule has 0 aromatic heterocycles. The van der Waals surface area contributed by atoms with E-state index < -0.39 is 0 Å². The van der Waals surface area contributed by atoms with Gasteiger partial charge in [0.1, 0.15) is 5.54 Å². The minimum Gasteiger partial charge on any atom is -0.294 e. The summed E-state index contributed by atoms with van der Waals surface area (Å²) in [5.74, 6) is 0.284. The lowest BCUT2D eigenvalue weighted by Crippen LogP contribution is -2.61. The molecule has 3 atom stereocenters. The van der Waals surface area contributed by atoms with Gasteiger partial charge in [-0.25, -0.2) is 0 Å². The van der Waals surface area contributed by atoms with Gasteiger partial charge in [-0.05, 0) is 38.3 Å². The molecule has 2 aliphatic heterocycles. The van der Waals surface area contributed by atoms with Gasteiger partial charge in [0.05, 0.1) is 11.5 Å². The third-order valence-electron chi connectivity index (χ3n) is 4.30. The van der Waals surface area contributed by atoms with Gasteiger partial charge in [0.25, 0.3) is 0 Å². The van der Waals surface area contributed by atoms with Crippen LogP contribution in [0, 0.1) is 5.41 Å². The van der Waals surface area contributed by atoms with Crippen molar-refractivity contribution >= 4 is 5.78 Å². The quantitative estimate of drug-likeness (QED) is 0.626.